The number of carbonyl (C=O) groups excluding carboxylic acids is 1. The second-order valence-corrected chi connectivity index (χ2v) is 6.39. The summed E-state index contributed by atoms with van der Waals surface area (Å²) in [6.45, 7) is 4.25. The first-order valence-corrected chi connectivity index (χ1v) is 8.21. The third-order valence-corrected chi connectivity index (χ3v) is 3.92. The van der Waals surface area contributed by atoms with Crippen LogP contribution in [0.15, 0.2) is 54.1 Å². The number of nitrogens with zero attached hydrogens (tertiary/aromatic N) is 2. The van der Waals surface area contributed by atoms with E-state index in [-0.39, 0.29) is 5.57 Å². The fraction of sp³-hybridized carbons (Fsp3) is 0.238. The zero-order chi connectivity index (χ0) is 18.4. The molecule has 2 rings (SSSR count). The Bertz CT molecular complexity index is 795. The van der Waals surface area contributed by atoms with Gasteiger partial charge in [-0.25, -0.2) is 0 Å². The number of nitriles is 1. The average molecular weight is 333 g/mol. The summed E-state index contributed by atoms with van der Waals surface area (Å²) < 4.78 is 0. The fourth-order valence-electron chi connectivity index (χ4n) is 2.33. The highest BCUT2D eigenvalue weighted by atomic mass is 16.1. The van der Waals surface area contributed by atoms with Crippen molar-refractivity contribution in [3.8, 4) is 6.07 Å². The van der Waals surface area contributed by atoms with Gasteiger partial charge in [0.15, 0.2) is 0 Å². The highest BCUT2D eigenvalue weighted by Crippen LogP contribution is 2.18. The molecule has 2 aromatic carbocycles. The van der Waals surface area contributed by atoms with Gasteiger partial charge < -0.3 is 10.2 Å². The quantitative estimate of drug-likeness (QED) is 0.651. The summed E-state index contributed by atoms with van der Waals surface area (Å²) in [5, 5.41) is 12.1. The molecule has 128 valence electrons. The molecule has 4 heteroatoms. The zero-order valence-corrected chi connectivity index (χ0v) is 15.1. The van der Waals surface area contributed by atoms with Crippen LogP contribution in [0.4, 0.5) is 11.4 Å². The molecule has 0 saturated heterocycles. The Kier molecular flexibility index (Phi) is 5.97. The summed E-state index contributed by atoms with van der Waals surface area (Å²) in [5.74, 6) is 0.0370. The van der Waals surface area contributed by atoms with Crippen molar-refractivity contribution in [2.75, 3.05) is 24.3 Å². The van der Waals surface area contributed by atoms with Crippen molar-refractivity contribution in [3.05, 3.63) is 65.2 Å². The van der Waals surface area contributed by atoms with Gasteiger partial charge in [0.2, 0.25) is 0 Å². The van der Waals surface area contributed by atoms with Crippen molar-refractivity contribution in [1.29, 1.82) is 5.26 Å². The molecule has 0 aromatic heterocycles. The Morgan fingerprint density at radius 3 is 2.16 bits per heavy atom. The Balaban J connectivity index is 2.13. The maximum absolute atomic E-state index is 12.3. The number of anilines is 2. The van der Waals surface area contributed by atoms with Crippen molar-refractivity contribution in [2.45, 2.75) is 19.8 Å². The van der Waals surface area contributed by atoms with Gasteiger partial charge in [-0.3, -0.25) is 4.79 Å². The molecule has 0 fully saturated rings. The topological polar surface area (TPSA) is 56.1 Å². The summed E-state index contributed by atoms with van der Waals surface area (Å²) in [5.41, 5.74) is 3.83. The normalized spacial score (nSPS) is 11.1. The second kappa shape index (κ2) is 8.16. The standard InChI is InChI=1S/C21H23N3O/c1-15(2)17-7-5-16(6-8-17)13-18(14-22)21(25)23-19-9-11-20(12-10-19)24(3)4/h5-13,15H,1-4H3,(H,23,25). The summed E-state index contributed by atoms with van der Waals surface area (Å²) >= 11 is 0. The van der Waals surface area contributed by atoms with Gasteiger partial charge in [-0.05, 0) is 47.4 Å². The van der Waals surface area contributed by atoms with Gasteiger partial charge in [-0.1, -0.05) is 38.1 Å². The van der Waals surface area contributed by atoms with Crippen LogP contribution in [-0.4, -0.2) is 20.0 Å². The van der Waals surface area contributed by atoms with Crippen LogP contribution in [0.25, 0.3) is 6.08 Å². The molecule has 25 heavy (non-hydrogen) atoms. The Labute approximate surface area is 149 Å². The molecule has 0 unspecified atom stereocenters. The lowest BCUT2D eigenvalue weighted by Gasteiger charge is -2.13. The van der Waals surface area contributed by atoms with Crippen molar-refractivity contribution >= 4 is 23.4 Å². The molecule has 1 amide bonds. The first kappa shape index (κ1) is 18.3. The van der Waals surface area contributed by atoms with Gasteiger partial charge in [0.25, 0.3) is 5.91 Å². The van der Waals surface area contributed by atoms with Crippen molar-refractivity contribution < 1.29 is 4.79 Å². The van der Waals surface area contributed by atoms with E-state index in [1.807, 2.05) is 73.6 Å². The summed E-state index contributed by atoms with van der Waals surface area (Å²) in [6, 6.07) is 17.3. The average Bonchev–Trinajstić information content (AvgIpc) is 2.60. The van der Waals surface area contributed by atoms with Gasteiger partial charge in [0.05, 0.1) is 0 Å². The number of hydrogen-bond donors (Lipinski definition) is 1. The van der Waals surface area contributed by atoms with Gasteiger partial charge in [0, 0.05) is 25.5 Å². The van der Waals surface area contributed by atoms with Crippen molar-refractivity contribution in [3.63, 3.8) is 0 Å². The Morgan fingerprint density at radius 1 is 1.08 bits per heavy atom. The van der Waals surface area contributed by atoms with E-state index in [0.29, 0.717) is 11.6 Å². The Morgan fingerprint density at radius 2 is 1.68 bits per heavy atom. The van der Waals surface area contributed by atoms with Gasteiger partial charge in [0.1, 0.15) is 11.6 Å². The van der Waals surface area contributed by atoms with Crippen LogP contribution in [0.2, 0.25) is 0 Å². The summed E-state index contributed by atoms with van der Waals surface area (Å²) in [4.78, 5) is 14.3. The molecule has 0 bridgehead atoms. The van der Waals surface area contributed by atoms with Crippen LogP contribution < -0.4 is 10.2 Å². The van der Waals surface area contributed by atoms with Crippen LogP contribution >= 0.6 is 0 Å². The van der Waals surface area contributed by atoms with E-state index >= 15 is 0 Å². The first-order chi connectivity index (χ1) is 11.9. The minimum atomic E-state index is -0.409. The number of rotatable bonds is 5. The fourth-order valence-corrected chi connectivity index (χ4v) is 2.33. The molecule has 0 radical (unpaired) electrons. The van der Waals surface area contributed by atoms with Crippen molar-refractivity contribution in [1.82, 2.24) is 0 Å². The number of carbonyl (C=O) groups is 1. The molecule has 0 spiro atoms. The van der Waals surface area contributed by atoms with E-state index in [2.05, 4.69) is 19.2 Å². The number of hydrogen-bond acceptors (Lipinski definition) is 3. The van der Waals surface area contributed by atoms with E-state index < -0.39 is 5.91 Å². The maximum Gasteiger partial charge on any atom is 0.266 e. The maximum atomic E-state index is 12.3. The third-order valence-electron chi connectivity index (χ3n) is 3.92. The van der Waals surface area contributed by atoms with Crippen LogP contribution in [0, 0.1) is 11.3 Å². The lowest BCUT2D eigenvalue weighted by atomic mass is 10.0. The highest BCUT2D eigenvalue weighted by Gasteiger charge is 2.10. The van der Waals surface area contributed by atoms with Gasteiger partial charge >= 0.3 is 0 Å². The molecule has 0 aliphatic heterocycles. The number of nitrogens with one attached hydrogen (secondary N) is 1. The van der Waals surface area contributed by atoms with Crippen LogP contribution in [0.5, 0.6) is 0 Å². The van der Waals surface area contributed by atoms with Crippen LogP contribution in [-0.2, 0) is 4.79 Å². The molecular formula is C21H23N3O. The largest absolute Gasteiger partial charge is 0.378 e. The van der Waals surface area contributed by atoms with Gasteiger partial charge in [-0.15, -0.1) is 0 Å². The van der Waals surface area contributed by atoms with E-state index in [9.17, 15) is 10.1 Å². The molecule has 2 aromatic rings. The zero-order valence-electron chi connectivity index (χ0n) is 15.1. The highest BCUT2D eigenvalue weighted by molar-refractivity contribution is 6.09. The van der Waals surface area contributed by atoms with Crippen LogP contribution in [0.3, 0.4) is 0 Å². The van der Waals surface area contributed by atoms with Crippen LogP contribution in [0.1, 0.15) is 30.9 Å². The summed E-state index contributed by atoms with van der Waals surface area (Å²) in [7, 11) is 3.91. The number of benzene rings is 2. The number of amides is 1. The molecule has 0 atom stereocenters. The monoisotopic (exact) mass is 333 g/mol. The minimum absolute atomic E-state index is 0.0778. The molecular weight excluding hydrogens is 310 g/mol. The van der Waals surface area contributed by atoms with E-state index in [4.69, 9.17) is 0 Å². The van der Waals surface area contributed by atoms with Crippen molar-refractivity contribution in [2.24, 2.45) is 0 Å². The summed E-state index contributed by atoms with van der Waals surface area (Å²) in [6.07, 6.45) is 1.60. The second-order valence-electron chi connectivity index (χ2n) is 6.39. The Hall–Kier alpha value is -3.06. The molecule has 0 heterocycles. The lowest BCUT2D eigenvalue weighted by Crippen LogP contribution is -2.14. The smallest absolute Gasteiger partial charge is 0.266 e. The predicted molar refractivity (Wildman–Crippen MR) is 104 cm³/mol. The van der Waals surface area contributed by atoms with E-state index in [1.54, 1.807) is 6.08 Å². The molecule has 4 nitrogen and oxygen atoms in total. The SMILES string of the molecule is CC(C)c1ccc(C=C(C#N)C(=O)Nc2ccc(N(C)C)cc2)cc1. The molecule has 0 aliphatic rings. The first-order valence-electron chi connectivity index (χ1n) is 8.21. The van der Waals surface area contributed by atoms with Gasteiger partial charge in [-0.2, -0.15) is 5.26 Å². The third kappa shape index (κ3) is 4.95. The lowest BCUT2D eigenvalue weighted by molar-refractivity contribution is -0.112. The molecule has 0 saturated carbocycles. The molecule has 0 aliphatic carbocycles. The minimum Gasteiger partial charge on any atom is -0.378 e. The van der Waals surface area contributed by atoms with E-state index in [0.717, 1.165) is 11.3 Å². The molecule has 1 N–H and O–H groups in total. The van der Waals surface area contributed by atoms with E-state index in [1.165, 1.54) is 5.56 Å². The predicted octanol–water partition coefficient (Wildman–Crippen LogP) is 4.42.